The fourth-order valence-corrected chi connectivity index (χ4v) is 5.17. The van der Waals surface area contributed by atoms with Gasteiger partial charge in [-0.05, 0) is 31.4 Å². The minimum atomic E-state index is -3.95. The van der Waals surface area contributed by atoms with Gasteiger partial charge < -0.3 is 14.9 Å². The topological polar surface area (TPSA) is 85.8 Å². The summed E-state index contributed by atoms with van der Waals surface area (Å²) in [6, 6.07) is 0.880. The normalized spacial score (nSPS) is 21.3. The zero-order chi connectivity index (χ0) is 21.2. The van der Waals surface area contributed by atoms with Gasteiger partial charge in [-0.3, -0.25) is 0 Å². The van der Waals surface area contributed by atoms with Crippen molar-refractivity contribution in [3.8, 4) is 0 Å². The molecule has 2 fully saturated rings. The van der Waals surface area contributed by atoms with Crippen molar-refractivity contribution in [2.24, 2.45) is 11.3 Å². The van der Waals surface area contributed by atoms with Gasteiger partial charge in [0.25, 0.3) is 0 Å². The molecule has 164 valence electrons. The quantitative estimate of drug-likeness (QED) is 0.607. The lowest BCUT2D eigenvalue weighted by Gasteiger charge is -2.42. The molecule has 1 spiro atoms. The molecule has 1 aromatic heterocycles. The van der Waals surface area contributed by atoms with Crippen LogP contribution >= 0.6 is 0 Å². The van der Waals surface area contributed by atoms with E-state index in [9.17, 15) is 21.6 Å². The van der Waals surface area contributed by atoms with Gasteiger partial charge >= 0.3 is 0 Å². The maximum absolute atomic E-state index is 14.7. The fraction of sp³-hybridized carbons (Fsp3) is 0.722. The van der Waals surface area contributed by atoms with Crippen LogP contribution in [0, 0.1) is 17.2 Å². The molecule has 29 heavy (non-hydrogen) atoms. The molecular weight excluding hydrogens is 409 g/mol. The van der Waals surface area contributed by atoms with Gasteiger partial charge in [0.15, 0.2) is 11.6 Å². The number of nitrogens with one attached hydrogen (secondary N) is 1. The number of likely N-dealkylation sites (N-methyl/N-ethyl adjacent to an activating group) is 1. The summed E-state index contributed by atoms with van der Waals surface area (Å²) in [6.07, 6.45) is 0.865. The predicted molar refractivity (Wildman–Crippen MR) is 102 cm³/mol. The lowest BCUT2D eigenvalue weighted by Crippen LogP contribution is -2.40. The van der Waals surface area contributed by atoms with Crippen LogP contribution in [-0.4, -0.2) is 76.2 Å². The minimum Gasteiger partial charge on any atom is -0.395 e. The number of nitrogens with zero attached hydrogens (tertiary/aromatic N) is 3. The van der Waals surface area contributed by atoms with Crippen molar-refractivity contribution < 1.29 is 26.7 Å². The van der Waals surface area contributed by atoms with Crippen molar-refractivity contribution in [1.82, 2.24) is 14.6 Å². The van der Waals surface area contributed by atoms with Gasteiger partial charge in [0.1, 0.15) is 4.90 Å². The van der Waals surface area contributed by atoms with E-state index < -0.39 is 33.6 Å². The molecule has 11 heteroatoms. The van der Waals surface area contributed by atoms with Crippen LogP contribution in [0.3, 0.4) is 0 Å². The number of aliphatic hydroxyl groups is 1. The van der Waals surface area contributed by atoms with Gasteiger partial charge in [0.2, 0.25) is 16.4 Å². The van der Waals surface area contributed by atoms with Gasteiger partial charge in [0.05, 0.1) is 6.61 Å². The SMILES string of the molecule is CN(CCO)CCNS(=O)(=O)c1cnc(N2CC(C(F)F)C3(CCC3)C2)c(F)c1. The molecule has 0 amide bonds. The maximum atomic E-state index is 14.7. The molecule has 1 aliphatic heterocycles. The van der Waals surface area contributed by atoms with Crippen LogP contribution in [0.25, 0.3) is 0 Å². The minimum absolute atomic E-state index is 0.0170. The van der Waals surface area contributed by atoms with Crippen LogP contribution in [0.4, 0.5) is 19.0 Å². The molecule has 0 radical (unpaired) electrons. The third-order valence-corrected chi connectivity index (χ3v) is 7.46. The Morgan fingerprint density at radius 1 is 1.41 bits per heavy atom. The Balaban J connectivity index is 1.69. The molecule has 2 N–H and O–H groups in total. The zero-order valence-electron chi connectivity index (χ0n) is 16.3. The standard InChI is InChI=1S/C18H27F3N4O3S/c1-24(7-8-26)6-5-23-29(27,28)13-9-15(19)17(22-10-13)25-11-14(16(20)21)18(12-25)3-2-4-18/h9-10,14,16,23,26H,2-8,11-12H2,1H3. The number of anilines is 1. The third-order valence-electron chi connectivity index (χ3n) is 6.04. The summed E-state index contributed by atoms with van der Waals surface area (Å²) >= 11 is 0. The summed E-state index contributed by atoms with van der Waals surface area (Å²) in [5.41, 5.74) is -0.491. The van der Waals surface area contributed by atoms with Crippen LogP contribution in [0.15, 0.2) is 17.2 Å². The van der Waals surface area contributed by atoms with Crippen LogP contribution in [0.5, 0.6) is 0 Å². The number of hydrogen-bond donors (Lipinski definition) is 2. The highest BCUT2D eigenvalue weighted by atomic mass is 32.2. The van der Waals surface area contributed by atoms with Crippen molar-refractivity contribution in [3.63, 3.8) is 0 Å². The predicted octanol–water partition coefficient (Wildman–Crippen LogP) is 1.29. The van der Waals surface area contributed by atoms with Crippen LogP contribution in [0.1, 0.15) is 19.3 Å². The summed E-state index contributed by atoms with van der Waals surface area (Å²) in [4.78, 5) is 6.90. The fourth-order valence-electron chi connectivity index (χ4n) is 4.19. The van der Waals surface area contributed by atoms with Crippen molar-refractivity contribution in [2.45, 2.75) is 30.6 Å². The Morgan fingerprint density at radius 2 is 2.14 bits per heavy atom. The molecule has 0 aromatic carbocycles. The highest BCUT2D eigenvalue weighted by molar-refractivity contribution is 7.89. The van der Waals surface area contributed by atoms with Crippen molar-refractivity contribution >= 4 is 15.8 Å². The average molecular weight is 437 g/mol. The van der Waals surface area contributed by atoms with Crippen LogP contribution in [0.2, 0.25) is 0 Å². The molecule has 1 unspecified atom stereocenters. The Morgan fingerprint density at radius 3 is 2.66 bits per heavy atom. The average Bonchev–Trinajstić information content (AvgIpc) is 3.03. The molecule has 1 saturated heterocycles. The third kappa shape index (κ3) is 4.68. The summed E-state index contributed by atoms with van der Waals surface area (Å²) in [5.74, 6) is -1.74. The van der Waals surface area contributed by atoms with E-state index >= 15 is 0 Å². The summed E-state index contributed by atoms with van der Waals surface area (Å²) in [7, 11) is -2.22. The zero-order valence-corrected chi connectivity index (χ0v) is 17.1. The first-order valence-corrected chi connectivity index (χ1v) is 11.1. The Hall–Kier alpha value is -1.43. The monoisotopic (exact) mass is 436 g/mol. The molecule has 0 bridgehead atoms. The number of hydrogen-bond acceptors (Lipinski definition) is 6. The summed E-state index contributed by atoms with van der Waals surface area (Å²) in [6.45, 7) is 1.16. The van der Waals surface area contributed by atoms with E-state index in [-0.39, 0.29) is 30.4 Å². The maximum Gasteiger partial charge on any atom is 0.243 e. The van der Waals surface area contributed by atoms with Gasteiger partial charge in [0, 0.05) is 44.8 Å². The second kappa shape index (κ2) is 8.75. The molecule has 1 atom stereocenters. The number of sulfonamides is 1. The number of aliphatic hydroxyl groups excluding tert-OH is 1. The van der Waals surface area contributed by atoms with Crippen molar-refractivity contribution in [3.05, 3.63) is 18.1 Å². The highest BCUT2D eigenvalue weighted by Crippen LogP contribution is 2.54. The summed E-state index contributed by atoms with van der Waals surface area (Å²) in [5, 5.41) is 8.84. The van der Waals surface area contributed by atoms with Gasteiger partial charge in [-0.1, -0.05) is 6.42 Å². The first-order chi connectivity index (χ1) is 13.7. The molecule has 1 aromatic rings. The molecule has 3 rings (SSSR count). The van der Waals surface area contributed by atoms with E-state index in [1.807, 2.05) is 0 Å². The number of rotatable bonds is 9. The lowest BCUT2D eigenvalue weighted by molar-refractivity contribution is -0.0182. The first kappa shape index (κ1) is 22.3. The van der Waals surface area contributed by atoms with Gasteiger partial charge in [-0.25, -0.2) is 31.3 Å². The Bertz CT molecular complexity index is 821. The highest BCUT2D eigenvalue weighted by Gasteiger charge is 2.54. The van der Waals surface area contributed by atoms with E-state index in [0.717, 1.165) is 18.7 Å². The van der Waals surface area contributed by atoms with E-state index in [0.29, 0.717) is 32.5 Å². The lowest BCUT2D eigenvalue weighted by atomic mass is 9.63. The van der Waals surface area contributed by atoms with E-state index in [1.54, 1.807) is 11.9 Å². The Kier molecular flexibility index (Phi) is 6.71. The molecule has 2 aliphatic rings. The second-order valence-corrected chi connectivity index (χ2v) is 9.71. The van der Waals surface area contributed by atoms with E-state index in [1.165, 1.54) is 4.90 Å². The van der Waals surface area contributed by atoms with Crippen molar-refractivity contribution in [1.29, 1.82) is 0 Å². The first-order valence-electron chi connectivity index (χ1n) is 9.66. The van der Waals surface area contributed by atoms with Gasteiger partial charge in [-0.15, -0.1) is 0 Å². The molecular formula is C18H27F3N4O3S. The molecule has 2 heterocycles. The van der Waals surface area contributed by atoms with Crippen molar-refractivity contribution in [2.75, 3.05) is 51.3 Å². The van der Waals surface area contributed by atoms with E-state index in [4.69, 9.17) is 5.11 Å². The molecule has 7 nitrogen and oxygen atoms in total. The largest absolute Gasteiger partial charge is 0.395 e. The number of aromatic nitrogens is 1. The van der Waals surface area contributed by atoms with Gasteiger partial charge in [-0.2, -0.15) is 0 Å². The smallest absolute Gasteiger partial charge is 0.243 e. The van der Waals surface area contributed by atoms with E-state index in [2.05, 4.69) is 9.71 Å². The van der Waals surface area contributed by atoms with Crippen LogP contribution < -0.4 is 9.62 Å². The Labute approximate surface area is 169 Å². The van der Waals surface area contributed by atoms with Crippen LogP contribution in [-0.2, 0) is 10.0 Å². The number of alkyl halides is 2. The second-order valence-electron chi connectivity index (χ2n) is 7.94. The molecule has 1 saturated carbocycles. The number of halogens is 3. The summed E-state index contributed by atoms with van der Waals surface area (Å²) < 4.78 is 68.6. The number of pyridine rings is 1. The molecule has 1 aliphatic carbocycles.